The SMILES string of the molecule is CCC(=O)NCC1CCC(F)(F)C1. The van der Waals surface area contributed by atoms with Gasteiger partial charge in [-0.3, -0.25) is 4.79 Å². The van der Waals surface area contributed by atoms with Crippen LogP contribution in [0.4, 0.5) is 8.78 Å². The molecule has 13 heavy (non-hydrogen) atoms. The fraction of sp³-hybridized carbons (Fsp3) is 0.889. The normalized spacial score (nSPS) is 25.9. The van der Waals surface area contributed by atoms with Crippen LogP contribution >= 0.6 is 0 Å². The van der Waals surface area contributed by atoms with E-state index in [-0.39, 0.29) is 24.7 Å². The average molecular weight is 191 g/mol. The molecule has 0 aromatic carbocycles. The molecule has 1 rings (SSSR count). The van der Waals surface area contributed by atoms with Crippen molar-refractivity contribution in [1.82, 2.24) is 5.32 Å². The third-order valence-electron chi connectivity index (χ3n) is 2.41. The minimum atomic E-state index is -2.50. The van der Waals surface area contributed by atoms with Crippen molar-refractivity contribution >= 4 is 5.91 Å². The quantitative estimate of drug-likeness (QED) is 0.725. The van der Waals surface area contributed by atoms with Crippen LogP contribution in [0.5, 0.6) is 0 Å². The van der Waals surface area contributed by atoms with Crippen LogP contribution in [0.3, 0.4) is 0 Å². The van der Waals surface area contributed by atoms with Crippen molar-refractivity contribution in [2.75, 3.05) is 6.54 Å². The number of carbonyl (C=O) groups is 1. The van der Waals surface area contributed by atoms with Crippen molar-refractivity contribution in [3.8, 4) is 0 Å². The number of nitrogens with one attached hydrogen (secondary N) is 1. The monoisotopic (exact) mass is 191 g/mol. The molecule has 0 radical (unpaired) electrons. The van der Waals surface area contributed by atoms with Gasteiger partial charge in [0.15, 0.2) is 0 Å². The number of alkyl halides is 2. The van der Waals surface area contributed by atoms with E-state index in [1.54, 1.807) is 6.92 Å². The van der Waals surface area contributed by atoms with Crippen molar-refractivity contribution < 1.29 is 13.6 Å². The average Bonchev–Trinajstić information content (AvgIpc) is 2.41. The van der Waals surface area contributed by atoms with Crippen LogP contribution in [0, 0.1) is 5.92 Å². The third kappa shape index (κ3) is 3.28. The Kier molecular flexibility index (Phi) is 3.22. The largest absolute Gasteiger partial charge is 0.356 e. The molecule has 1 aliphatic rings. The molecule has 1 atom stereocenters. The molecule has 1 saturated carbocycles. The summed E-state index contributed by atoms with van der Waals surface area (Å²) < 4.78 is 25.4. The molecular formula is C9H15F2NO. The maximum Gasteiger partial charge on any atom is 0.248 e. The van der Waals surface area contributed by atoms with E-state index in [0.29, 0.717) is 19.4 Å². The summed E-state index contributed by atoms with van der Waals surface area (Å²) in [5, 5.41) is 2.64. The Labute approximate surface area is 76.7 Å². The molecular weight excluding hydrogens is 176 g/mol. The summed E-state index contributed by atoms with van der Waals surface area (Å²) in [7, 11) is 0. The summed E-state index contributed by atoms with van der Waals surface area (Å²) in [4.78, 5) is 10.8. The van der Waals surface area contributed by atoms with Gasteiger partial charge in [0.05, 0.1) is 0 Å². The molecule has 1 amide bonds. The molecule has 0 aliphatic heterocycles. The van der Waals surface area contributed by atoms with E-state index in [9.17, 15) is 13.6 Å². The lowest BCUT2D eigenvalue weighted by Gasteiger charge is -2.10. The van der Waals surface area contributed by atoms with E-state index < -0.39 is 5.92 Å². The van der Waals surface area contributed by atoms with Gasteiger partial charge in [-0.05, 0) is 12.3 Å². The van der Waals surface area contributed by atoms with E-state index in [0.717, 1.165) is 0 Å². The first-order valence-electron chi connectivity index (χ1n) is 4.68. The van der Waals surface area contributed by atoms with Gasteiger partial charge in [-0.2, -0.15) is 0 Å². The first-order chi connectivity index (χ1) is 6.03. The van der Waals surface area contributed by atoms with Crippen molar-refractivity contribution in [3.63, 3.8) is 0 Å². The highest BCUT2D eigenvalue weighted by Crippen LogP contribution is 2.38. The van der Waals surface area contributed by atoms with Crippen LogP contribution in [0.25, 0.3) is 0 Å². The van der Waals surface area contributed by atoms with E-state index in [4.69, 9.17) is 0 Å². The van der Waals surface area contributed by atoms with Gasteiger partial charge < -0.3 is 5.32 Å². The molecule has 1 fully saturated rings. The van der Waals surface area contributed by atoms with Gasteiger partial charge in [0.2, 0.25) is 11.8 Å². The molecule has 0 spiro atoms. The van der Waals surface area contributed by atoms with Crippen LogP contribution in [-0.2, 0) is 4.79 Å². The second-order valence-corrected chi connectivity index (χ2v) is 3.62. The standard InChI is InChI=1S/C9H15F2NO/c1-2-8(13)12-6-7-3-4-9(10,11)5-7/h7H,2-6H2,1H3,(H,12,13). The lowest BCUT2D eigenvalue weighted by atomic mass is 10.1. The fourth-order valence-electron chi connectivity index (χ4n) is 1.60. The Bertz CT molecular complexity index is 194. The molecule has 2 nitrogen and oxygen atoms in total. The molecule has 1 unspecified atom stereocenters. The minimum Gasteiger partial charge on any atom is -0.356 e. The van der Waals surface area contributed by atoms with Crippen LogP contribution in [0.2, 0.25) is 0 Å². The minimum absolute atomic E-state index is 0.0281. The van der Waals surface area contributed by atoms with Gasteiger partial charge in [0.25, 0.3) is 0 Å². The van der Waals surface area contributed by atoms with Gasteiger partial charge in [-0.15, -0.1) is 0 Å². The summed E-state index contributed by atoms with van der Waals surface area (Å²) in [5.41, 5.74) is 0. The van der Waals surface area contributed by atoms with Gasteiger partial charge in [-0.1, -0.05) is 6.92 Å². The summed E-state index contributed by atoms with van der Waals surface area (Å²) in [6, 6.07) is 0. The van der Waals surface area contributed by atoms with Crippen molar-refractivity contribution in [2.24, 2.45) is 5.92 Å². The molecule has 0 saturated heterocycles. The van der Waals surface area contributed by atoms with Crippen molar-refractivity contribution in [1.29, 1.82) is 0 Å². The predicted octanol–water partition coefficient (Wildman–Crippen LogP) is 1.95. The van der Waals surface area contributed by atoms with Crippen LogP contribution in [0.15, 0.2) is 0 Å². The Morgan fingerprint density at radius 1 is 1.62 bits per heavy atom. The maximum absolute atomic E-state index is 12.7. The van der Waals surface area contributed by atoms with Gasteiger partial charge in [0, 0.05) is 25.8 Å². The number of halogens is 2. The second-order valence-electron chi connectivity index (χ2n) is 3.62. The van der Waals surface area contributed by atoms with E-state index in [1.807, 2.05) is 0 Å². The smallest absolute Gasteiger partial charge is 0.248 e. The Morgan fingerprint density at radius 3 is 2.77 bits per heavy atom. The highest BCUT2D eigenvalue weighted by atomic mass is 19.3. The molecule has 76 valence electrons. The highest BCUT2D eigenvalue weighted by molar-refractivity contribution is 5.75. The summed E-state index contributed by atoms with van der Waals surface area (Å²) >= 11 is 0. The topological polar surface area (TPSA) is 29.1 Å². The maximum atomic E-state index is 12.7. The molecule has 0 heterocycles. The number of amides is 1. The number of rotatable bonds is 3. The fourth-order valence-corrected chi connectivity index (χ4v) is 1.60. The summed E-state index contributed by atoms with van der Waals surface area (Å²) in [6.07, 6.45) is 0.844. The molecule has 1 aliphatic carbocycles. The van der Waals surface area contributed by atoms with Crippen LogP contribution in [-0.4, -0.2) is 18.4 Å². The summed E-state index contributed by atoms with van der Waals surface area (Å²) in [5.74, 6) is -2.59. The van der Waals surface area contributed by atoms with E-state index in [1.165, 1.54) is 0 Å². The van der Waals surface area contributed by atoms with E-state index in [2.05, 4.69) is 5.32 Å². The molecule has 0 aromatic heterocycles. The first-order valence-corrected chi connectivity index (χ1v) is 4.68. The summed E-state index contributed by atoms with van der Waals surface area (Å²) in [6.45, 7) is 2.15. The van der Waals surface area contributed by atoms with Gasteiger partial charge >= 0.3 is 0 Å². The highest BCUT2D eigenvalue weighted by Gasteiger charge is 2.39. The second kappa shape index (κ2) is 4.03. The van der Waals surface area contributed by atoms with Gasteiger partial charge in [0.1, 0.15) is 0 Å². The van der Waals surface area contributed by atoms with Crippen molar-refractivity contribution in [2.45, 2.75) is 38.5 Å². The molecule has 4 heteroatoms. The lowest BCUT2D eigenvalue weighted by Crippen LogP contribution is -2.28. The zero-order valence-corrected chi connectivity index (χ0v) is 7.78. The van der Waals surface area contributed by atoms with Crippen molar-refractivity contribution in [3.05, 3.63) is 0 Å². The van der Waals surface area contributed by atoms with E-state index >= 15 is 0 Å². The van der Waals surface area contributed by atoms with Gasteiger partial charge in [-0.25, -0.2) is 8.78 Å². The zero-order valence-electron chi connectivity index (χ0n) is 7.78. The molecule has 1 N–H and O–H groups in total. The van der Waals surface area contributed by atoms with Crippen LogP contribution in [0.1, 0.15) is 32.6 Å². The molecule has 0 bridgehead atoms. The Morgan fingerprint density at radius 2 is 2.31 bits per heavy atom. The Balaban J connectivity index is 2.21. The number of hydrogen-bond donors (Lipinski definition) is 1. The zero-order chi connectivity index (χ0) is 9.90. The number of carbonyl (C=O) groups excluding carboxylic acids is 1. The number of hydrogen-bond acceptors (Lipinski definition) is 1. The predicted molar refractivity (Wildman–Crippen MR) is 45.6 cm³/mol. The lowest BCUT2D eigenvalue weighted by molar-refractivity contribution is -0.121. The third-order valence-corrected chi connectivity index (χ3v) is 2.41. The molecule has 0 aromatic rings. The van der Waals surface area contributed by atoms with Crippen LogP contribution < -0.4 is 5.32 Å². The Hall–Kier alpha value is -0.670. The first kappa shape index (κ1) is 10.4.